The third-order valence-electron chi connectivity index (χ3n) is 3.09. The van der Waals surface area contributed by atoms with E-state index < -0.39 is 0 Å². The van der Waals surface area contributed by atoms with Gasteiger partial charge in [0.15, 0.2) is 0 Å². The van der Waals surface area contributed by atoms with Crippen LogP contribution < -0.4 is 5.32 Å². The second-order valence-electron chi connectivity index (χ2n) is 4.35. The van der Waals surface area contributed by atoms with Gasteiger partial charge in [-0.3, -0.25) is 0 Å². The third-order valence-corrected chi connectivity index (χ3v) is 3.09. The number of hydrogen-bond acceptors (Lipinski definition) is 2. The standard InChI is InChI=1S/C15H19NO/c1-4-16-12(3)11(2)9-13-10-17-15-8-6-5-7-14(13)15/h5-10,12,16H,4H2,1-3H3/b11-9+. The summed E-state index contributed by atoms with van der Waals surface area (Å²) in [5, 5.41) is 4.58. The van der Waals surface area contributed by atoms with Crippen molar-refractivity contribution in [1.29, 1.82) is 0 Å². The highest BCUT2D eigenvalue weighted by atomic mass is 16.3. The number of hydrogen-bond donors (Lipinski definition) is 1. The molecule has 0 aliphatic heterocycles. The number of benzene rings is 1. The first kappa shape index (κ1) is 11.9. The fourth-order valence-corrected chi connectivity index (χ4v) is 1.95. The van der Waals surface area contributed by atoms with Gasteiger partial charge in [0.25, 0.3) is 0 Å². The first-order valence-corrected chi connectivity index (χ1v) is 6.10. The van der Waals surface area contributed by atoms with Crippen molar-refractivity contribution in [2.75, 3.05) is 6.54 Å². The molecule has 17 heavy (non-hydrogen) atoms. The van der Waals surface area contributed by atoms with Crippen molar-refractivity contribution >= 4 is 17.0 Å². The van der Waals surface area contributed by atoms with Crippen molar-refractivity contribution in [3.8, 4) is 0 Å². The molecular weight excluding hydrogens is 210 g/mol. The van der Waals surface area contributed by atoms with Gasteiger partial charge in [-0.15, -0.1) is 0 Å². The highest BCUT2D eigenvalue weighted by molar-refractivity contribution is 5.87. The molecular formula is C15H19NO. The molecule has 0 aliphatic rings. The van der Waals surface area contributed by atoms with Crippen LogP contribution in [0.2, 0.25) is 0 Å². The molecule has 0 aliphatic carbocycles. The van der Waals surface area contributed by atoms with Crippen molar-refractivity contribution in [1.82, 2.24) is 5.32 Å². The van der Waals surface area contributed by atoms with Gasteiger partial charge in [0.05, 0.1) is 6.26 Å². The molecule has 0 bridgehead atoms. The van der Waals surface area contributed by atoms with Gasteiger partial charge in [0.2, 0.25) is 0 Å². The predicted molar refractivity (Wildman–Crippen MR) is 73.0 cm³/mol. The highest BCUT2D eigenvalue weighted by Gasteiger charge is 2.06. The van der Waals surface area contributed by atoms with Crippen LogP contribution in [-0.2, 0) is 0 Å². The summed E-state index contributed by atoms with van der Waals surface area (Å²) in [6, 6.07) is 8.52. The molecule has 1 aromatic carbocycles. The lowest BCUT2D eigenvalue weighted by Gasteiger charge is -2.12. The zero-order chi connectivity index (χ0) is 12.3. The number of rotatable bonds is 4. The molecule has 0 spiro atoms. The van der Waals surface area contributed by atoms with E-state index in [-0.39, 0.29) is 0 Å². The van der Waals surface area contributed by atoms with Gasteiger partial charge in [0, 0.05) is 17.0 Å². The van der Waals surface area contributed by atoms with Gasteiger partial charge >= 0.3 is 0 Å². The quantitative estimate of drug-likeness (QED) is 0.861. The van der Waals surface area contributed by atoms with E-state index in [9.17, 15) is 0 Å². The Morgan fingerprint density at radius 2 is 2.18 bits per heavy atom. The fraction of sp³-hybridized carbons (Fsp3) is 0.333. The summed E-state index contributed by atoms with van der Waals surface area (Å²) in [5.41, 5.74) is 3.42. The Morgan fingerprint density at radius 3 is 2.94 bits per heavy atom. The Kier molecular flexibility index (Phi) is 3.64. The molecule has 0 amide bonds. The van der Waals surface area contributed by atoms with Crippen LogP contribution in [0.1, 0.15) is 26.3 Å². The van der Waals surface area contributed by atoms with Crippen LogP contribution in [-0.4, -0.2) is 12.6 Å². The Hall–Kier alpha value is -1.54. The molecule has 0 fully saturated rings. The summed E-state index contributed by atoms with van der Waals surface area (Å²) >= 11 is 0. The SMILES string of the molecule is CCNC(C)/C(C)=C/c1coc2ccccc12. The summed E-state index contributed by atoms with van der Waals surface area (Å²) in [6.07, 6.45) is 4.02. The Balaban J connectivity index is 2.31. The second-order valence-corrected chi connectivity index (χ2v) is 4.35. The summed E-state index contributed by atoms with van der Waals surface area (Å²) in [4.78, 5) is 0. The minimum atomic E-state index is 0.397. The first-order valence-electron chi connectivity index (χ1n) is 6.10. The third kappa shape index (κ3) is 2.59. The van der Waals surface area contributed by atoms with Gasteiger partial charge < -0.3 is 9.73 Å². The maximum absolute atomic E-state index is 5.52. The maximum atomic E-state index is 5.52. The van der Waals surface area contributed by atoms with E-state index in [1.807, 2.05) is 24.5 Å². The molecule has 1 aromatic heterocycles. The van der Waals surface area contributed by atoms with Crippen LogP contribution in [0.3, 0.4) is 0 Å². The number of nitrogens with one attached hydrogen (secondary N) is 1. The Bertz CT molecular complexity index is 524. The zero-order valence-corrected chi connectivity index (χ0v) is 10.7. The van der Waals surface area contributed by atoms with Crippen molar-refractivity contribution in [3.63, 3.8) is 0 Å². The van der Waals surface area contributed by atoms with Crippen LogP contribution in [0.4, 0.5) is 0 Å². The van der Waals surface area contributed by atoms with E-state index in [1.54, 1.807) is 0 Å². The van der Waals surface area contributed by atoms with Crippen LogP contribution in [0.15, 0.2) is 40.5 Å². The second kappa shape index (κ2) is 5.19. The molecule has 0 saturated carbocycles. The largest absolute Gasteiger partial charge is 0.464 e. The minimum absolute atomic E-state index is 0.397. The van der Waals surface area contributed by atoms with Crippen molar-refractivity contribution in [3.05, 3.63) is 41.7 Å². The van der Waals surface area contributed by atoms with Crippen LogP contribution in [0.5, 0.6) is 0 Å². The van der Waals surface area contributed by atoms with E-state index in [1.165, 1.54) is 11.0 Å². The lowest BCUT2D eigenvalue weighted by Crippen LogP contribution is -2.26. The number of fused-ring (bicyclic) bond motifs is 1. The summed E-state index contributed by atoms with van der Waals surface area (Å²) in [6.45, 7) is 7.43. The normalized spacial score (nSPS) is 14.2. The molecule has 1 atom stereocenters. The summed E-state index contributed by atoms with van der Waals surface area (Å²) in [7, 11) is 0. The van der Waals surface area contributed by atoms with E-state index >= 15 is 0 Å². The maximum Gasteiger partial charge on any atom is 0.134 e. The minimum Gasteiger partial charge on any atom is -0.464 e. The van der Waals surface area contributed by atoms with Gasteiger partial charge in [0.1, 0.15) is 5.58 Å². The number of para-hydroxylation sites is 1. The molecule has 2 heteroatoms. The lowest BCUT2D eigenvalue weighted by molar-refractivity contribution is 0.614. The zero-order valence-electron chi connectivity index (χ0n) is 10.7. The Morgan fingerprint density at radius 1 is 1.41 bits per heavy atom. The fourth-order valence-electron chi connectivity index (χ4n) is 1.95. The molecule has 0 radical (unpaired) electrons. The topological polar surface area (TPSA) is 25.2 Å². The van der Waals surface area contributed by atoms with E-state index in [0.717, 1.165) is 17.7 Å². The van der Waals surface area contributed by atoms with Gasteiger partial charge in [-0.05, 0) is 26.5 Å². The monoisotopic (exact) mass is 229 g/mol. The molecule has 1 heterocycles. The average molecular weight is 229 g/mol. The smallest absolute Gasteiger partial charge is 0.134 e. The molecule has 90 valence electrons. The van der Waals surface area contributed by atoms with Gasteiger partial charge in [-0.2, -0.15) is 0 Å². The van der Waals surface area contributed by atoms with Crippen molar-refractivity contribution < 1.29 is 4.42 Å². The van der Waals surface area contributed by atoms with Gasteiger partial charge in [-0.1, -0.05) is 36.8 Å². The predicted octanol–water partition coefficient (Wildman–Crippen LogP) is 3.83. The molecule has 1 N–H and O–H groups in total. The van der Waals surface area contributed by atoms with E-state index in [0.29, 0.717) is 6.04 Å². The highest BCUT2D eigenvalue weighted by Crippen LogP contribution is 2.23. The molecule has 2 rings (SSSR count). The summed E-state index contributed by atoms with van der Waals surface area (Å²) < 4.78 is 5.52. The van der Waals surface area contributed by atoms with Crippen LogP contribution in [0, 0.1) is 0 Å². The first-order chi connectivity index (χ1) is 8.22. The molecule has 2 nitrogen and oxygen atoms in total. The lowest BCUT2D eigenvalue weighted by atomic mass is 10.1. The molecule has 2 aromatic rings. The van der Waals surface area contributed by atoms with E-state index in [2.05, 4.69) is 38.2 Å². The van der Waals surface area contributed by atoms with Gasteiger partial charge in [-0.25, -0.2) is 0 Å². The number of furan rings is 1. The van der Waals surface area contributed by atoms with Crippen LogP contribution in [0.25, 0.3) is 17.0 Å². The molecule has 1 unspecified atom stereocenters. The van der Waals surface area contributed by atoms with E-state index in [4.69, 9.17) is 4.42 Å². The van der Waals surface area contributed by atoms with Crippen molar-refractivity contribution in [2.45, 2.75) is 26.8 Å². The van der Waals surface area contributed by atoms with Crippen LogP contribution >= 0.6 is 0 Å². The average Bonchev–Trinajstić information content (AvgIpc) is 2.73. The Labute approximate surface area is 102 Å². The summed E-state index contributed by atoms with van der Waals surface area (Å²) in [5.74, 6) is 0. The number of likely N-dealkylation sites (N-methyl/N-ethyl adjacent to an activating group) is 1. The van der Waals surface area contributed by atoms with Crippen molar-refractivity contribution in [2.24, 2.45) is 0 Å². The molecule has 0 saturated heterocycles.